The van der Waals surface area contributed by atoms with Crippen molar-refractivity contribution in [2.45, 2.75) is 26.8 Å². The second kappa shape index (κ2) is 8.61. The summed E-state index contributed by atoms with van der Waals surface area (Å²) in [5.41, 5.74) is 1.78. The number of nitrogens with zero attached hydrogens (tertiary/aromatic N) is 1. The number of ether oxygens (including phenoxy) is 1. The van der Waals surface area contributed by atoms with Gasteiger partial charge in [-0.2, -0.15) is 0 Å². The van der Waals surface area contributed by atoms with Gasteiger partial charge in [-0.15, -0.1) is 11.3 Å². The molecule has 0 spiro atoms. The van der Waals surface area contributed by atoms with E-state index in [1.165, 1.54) is 11.3 Å². The number of halogens is 2. The molecule has 1 aromatic heterocycles. The molecule has 1 aliphatic heterocycles. The summed E-state index contributed by atoms with van der Waals surface area (Å²) in [5, 5.41) is 4.12. The van der Waals surface area contributed by atoms with E-state index in [1.54, 1.807) is 25.1 Å². The first-order valence-electron chi connectivity index (χ1n) is 8.74. The molecule has 8 heteroatoms. The Hall–Kier alpha value is -1.60. The Kier molecular flexibility index (Phi) is 6.42. The van der Waals surface area contributed by atoms with E-state index in [0.29, 0.717) is 26.2 Å². The molecule has 0 bridgehead atoms. The van der Waals surface area contributed by atoms with Crippen molar-refractivity contribution >= 4 is 51.4 Å². The molecule has 2 heterocycles. The highest BCUT2D eigenvalue weighted by atomic mass is 35.5. The lowest BCUT2D eigenvalue weighted by molar-refractivity contribution is 0.0526. The van der Waals surface area contributed by atoms with Crippen molar-refractivity contribution in [2.24, 2.45) is 0 Å². The second-order valence-corrected chi connectivity index (χ2v) is 8.14. The van der Waals surface area contributed by atoms with Crippen molar-refractivity contribution in [3.8, 4) is 0 Å². The molecule has 0 radical (unpaired) electrons. The summed E-state index contributed by atoms with van der Waals surface area (Å²) in [6, 6.07) is 4.64. The van der Waals surface area contributed by atoms with E-state index in [-0.39, 0.29) is 12.5 Å². The first-order valence-corrected chi connectivity index (χ1v) is 10.3. The summed E-state index contributed by atoms with van der Waals surface area (Å²) >= 11 is 13.4. The summed E-state index contributed by atoms with van der Waals surface area (Å²) < 4.78 is 5.23. The van der Waals surface area contributed by atoms with Crippen LogP contribution in [0.25, 0.3) is 0 Å². The van der Waals surface area contributed by atoms with Crippen molar-refractivity contribution in [3.63, 3.8) is 0 Å². The summed E-state index contributed by atoms with van der Waals surface area (Å²) in [6.45, 7) is 6.74. The molecule has 0 unspecified atom stereocenters. The van der Waals surface area contributed by atoms with E-state index in [2.05, 4.69) is 17.1 Å². The van der Waals surface area contributed by atoms with Gasteiger partial charge in [0.25, 0.3) is 5.91 Å². The third-order valence-corrected chi connectivity index (χ3v) is 5.98. The van der Waals surface area contributed by atoms with Crippen LogP contribution in [0.3, 0.4) is 0 Å². The van der Waals surface area contributed by atoms with Crippen molar-refractivity contribution < 1.29 is 14.3 Å². The maximum absolute atomic E-state index is 12.7. The first kappa shape index (κ1) is 20.1. The Morgan fingerprint density at radius 3 is 2.56 bits per heavy atom. The highest BCUT2D eigenvalue weighted by Gasteiger charge is 2.29. The van der Waals surface area contributed by atoms with Gasteiger partial charge in [-0.1, -0.05) is 30.1 Å². The lowest BCUT2D eigenvalue weighted by atomic mass is 10.0. The summed E-state index contributed by atoms with van der Waals surface area (Å²) in [7, 11) is 0. The standard InChI is InChI=1S/C19H20Cl2N2O3S/c1-3-23-6-5-14-15(10-23)27-18(16(14)19(25)26-4-2)22-17(24)11-7-12(20)9-13(21)8-11/h7-9H,3-6,10H2,1-2H3,(H,22,24). The molecule has 1 aromatic carbocycles. The van der Waals surface area contributed by atoms with Gasteiger partial charge in [0.15, 0.2) is 0 Å². The van der Waals surface area contributed by atoms with Crippen LogP contribution in [-0.2, 0) is 17.7 Å². The number of benzene rings is 1. The number of carbonyl (C=O) groups is 2. The van der Waals surface area contributed by atoms with Crippen LogP contribution in [0.5, 0.6) is 0 Å². The van der Waals surface area contributed by atoms with Gasteiger partial charge < -0.3 is 10.1 Å². The molecule has 144 valence electrons. The number of carbonyl (C=O) groups excluding carboxylic acids is 2. The van der Waals surface area contributed by atoms with Crippen LogP contribution in [0.1, 0.15) is 45.0 Å². The van der Waals surface area contributed by atoms with Crippen LogP contribution in [0.15, 0.2) is 18.2 Å². The molecular formula is C19H20Cl2N2O3S. The third kappa shape index (κ3) is 4.46. The lowest BCUT2D eigenvalue weighted by Gasteiger charge is -2.25. The molecule has 1 amide bonds. The number of hydrogen-bond donors (Lipinski definition) is 1. The average Bonchev–Trinajstić information content (AvgIpc) is 2.97. The minimum absolute atomic E-state index is 0.280. The summed E-state index contributed by atoms with van der Waals surface area (Å²) in [6.07, 6.45) is 0.757. The van der Waals surface area contributed by atoms with Crippen molar-refractivity contribution in [1.29, 1.82) is 0 Å². The van der Waals surface area contributed by atoms with Gasteiger partial charge in [-0.05, 0) is 43.7 Å². The van der Waals surface area contributed by atoms with Gasteiger partial charge in [-0.3, -0.25) is 9.69 Å². The summed E-state index contributed by atoms with van der Waals surface area (Å²) in [5.74, 6) is -0.768. The molecule has 0 aliphatic carbocycles. The fraction of sp³-hybridized carbons (Fsp3) is 0.368. The van der Waals surface area contributed by atoms with Crippen molar-refractivity contribution in [2.75, 3.05) is 25.0 Å². The molecular weight excluding hydrogens is 407 g/mol. The minimum atomic E-state index is -0.403. The van der Waals surface area contributed by atoms with Crippen LogP contribution in [-0.4, -0.2) is 36.5 Å². The summed E-state index contributed by atoms with van der Waals surface area (Å²) in [4.78, 5) is 28.6. The number of fused-ring (bicyclic) bond motifs is 1. The number of esters is 1. The highest BCUT2D eigenvalue weighted by molar-refractivity contribution is 7.17. The fourth-order valence-electron chi connectivity index (χ4n) is 3.09. The van der Waals surface area contributed by atoms with E-state index in [0.717, 1.165) is 36.5 Å². The maximum Gasteiger partial charge on any atom is 0.341 e. The molecule has 27 heavy (non-hydrogen) atoms. The number of thiophene rings is 1. The van der Waals surface area contributed by atoms with E-state index in [1.807, 2.05) is 0 Å². The number of rotatable bonds is 5. The number of likely N-dealkylation sites (N-methyl/N-ethyl adjacent to an activating group) is 1. The van der Waals surface area contributed by atoms with Crippen LogP contribution in [0.4, 0.5) is 5.00 Å². The Bertz CT molecular complexity index is 862. The SMILES string of the molecule is CCOC(=O)c1c(NC(=O)c2cc(Cl)cc(Cl)c2)sc2c1CCN(CC)C2. The van der Waals surface area contributed by atoms with Crippen molar-refractivity contribution in [3.05, 3.63) is 49.8 Å². The zero-order valence-corrected chi connectivity index (χ0v) is 17.4. The minimum Gasteiger partial charge on any atom is -0.462 e. The molecule has 1 N–H and O–H groups in total. The predicted molar refractivity (Wildman–Crippen MR) is 109 cm³/mol. The van der Waals surface area contributed by atoms with Gasteiger partial charge in [0, 0.05) is 33.6 Å². The molecule has 0 fully saturated rings. The van der Waals surface area contributed by atoms with Crippen LogP contribution < -0.4 is 5.32 Å². The lowest BCUT2D eigenvalue weighted by Crippen LogP contribution is -2.30. The molecule has 0 saturated heterocycles. The normalized spacial score (nSPS) is 13.9. The fourth-order valence-corrected chi connectivity index (χ4v) is 4.89. The van der Waals surface area contributed by atoms with Crippen LogP contribution in [0, 0.1) is 0 Å². The maximum atomic E-state index is 12.7. The van der Waals surface area contributed by atoms with E-state index in [4.69, 9.17) is 27.9 Å². The zero-order chi connectivity index (χ0) is 19.6. The van der Waals surface area contributed by atoms with Crippen LogP contribution in [0.2, 0.25) is 10.0 Å². The Morgan fingerprint density at radius 2 is 1.93 bits per heavy atom. The highest BCUT2D eigenvalue weighted by Crippen LogP contribution is 2.38. The Morgan fingerprint density at radius 1 is 1.22 bits per heavy atom. The largest absolute Gasteiger partial charge is 0.462 e. The number of anilines is 1. The molecule has 5 nitrogen and oxygen atoms in total. The van der Waals surface area contributed by atoms with Gasteiger partial charge >= 0.3 is 5.97 Å². The van der Waals surface area contributed by atoms with Crippen LogP contribution >= 0.6 is 34.5 Å². The van der Waals surface area contributed by atoms with Gasteiger partial charge in [0.05, 0.1) is 12.2 Å². The van der Waals surface area contributed by atoms with Gasteiger partial charge in [0.1, 0.15) is 5.00 Å². The van der Waals surface area contributed by atoms with E-state index >= 15 is 0 Å². The van der Waals surface area contributed by atoms with Crippen molar-refractivity contribution in [1.82, 2.24) is 4.90 Å². The first-order chi connectivity index (χ1) is 12.9. The predicted octanol–water partition coefficient (Wildman–Crippen LogP) is 4.86. The topological polar surface area (TPSA) is 58.6 Å². The quantitative estimate of drug-likeness (QED) is 0.693. The number of nitrogens with one attached hydrogen (secondary N) is 1. The average molecular weight is 427 g/mol. The van der Waals surface area contributed by atoms with E-state index < -0.39 is 5.97 Å². The molecule has 1 aliphatic rings. The van der Waals surface area contributed by atoms with Gasteiger partial charge in [0.2, 0.25) is 0 Å². The number of amides is 1. The monoisotopic (exact) mass is 426 g/mol. The molecule has 0 atom stereocenters. The van der Waals surface area contributed by atoms with E-state index in [9.17, 15) is 9.59 Å². The third-order valence-electron chi connectivity index (χ3n) is 4.41. The Labute approximate surface area is 172 Å². The smallest absolute Gasteiger partial charge is 0.341 e. The number of hydrogen-bond acceptors (Lipinski definition) is 5. The van der Waals surface area contributed by atoms with Gasteiger partial charge in [-0.25, -0.2) is 4.79 Å². The second-order valence-electron chi connectivity index (χ2n) is 6.16. The molecule has 2 aromatic rings. The zero-order valence-electron chi connectivity index (χ0n) is 15.1. The molecule has 0 saturated carbocycles. The molecule has 3 rings (SSSR count). The Balaban J connectivity index is 1.95.